The summed E-state index contributed by atoms with van der Waals surface area (Å²) in [6.07, 6.45) is 4.45. The average molecular weight is 380 g/mol. The van der Waals surface area contributed by atoms with Crippen molar-refractivity contribution in [3.63, 3.8) is 0 Å². The van der Waals surface area contributed by atoms with E-state index in [1.807, 2.05) is 6.07 Å². The molecule has 0 bridgehead atoms. The summed E-state index contributed by atoms with van der Waals surface area (Å²) >= 11 is 5.66. The van der Waals surface area contributed by atoms with E-state index >= 15 is 0 Å². The van der Waals surface area contributed by atoms with E-state index in [4.69, 9.17) is 12.2 Å². The second kappa shape index (κ2) is 9.16. The van der Waals surface area contributed by atoms with Gasteiger partial charge in [0.25, 0.3) is 0 Å². The summed E-state index contributed by atoms with van der Waals surface area (Å²) in [5, 5.41) is 4.29. The molecular weight excluding hydrogens is 350 g/mol. The van der Waals surface area contributed by atoms with Crippen LogP contribution in [0.1, 0.15) is 22.3 Å². The number of anilines is 1. The van der Waals surface area contributed by atoms with Crippen molar-refractivity contribution in [2.45, 2.75) is 20.8 Å². The van der Waals surface area contributed by atoms with Crippen molar-refractivity contribution in [1.29, 1.82) is 0 Å². The van der Waals surface area contributed by atoms with Gasteiger partial charge >= 0.3 is 0 Å². The highest BCUT2D eigenvalue weighted by Gasteiger charge is 2.18. The number of rotatable bonds is 4. The van der Waals surface area contributed by atoms with Gasteiger partial charge in [-0.15, -0.1) is 0 Å². The molecule has 0 aromatic heterocycles. The lowest BCUT2D eigenvalue weighted by Gasteiger charge is -2.36. The third-order valence-corrected chi connectivity index (χ3v) is 5.58. The fourth-order valence-corrected chi connectivity index (χ4v) is 3.62. The summed E-state index contributed by atoms with van der Waals surface area (Å²) in [7, 11) is 0. The summed E-state index contributed by atoms with van der Waals surface area (Å²) in [4.78, 5) is 4.75. The first-order valence-corrected chi connectivity index (χ1v) is 10.0. The number of thiocarbonyl (C=S) groups is 1. The molecule has 142 valence electrons. The van der Waals surface area contributed by atoms with Crippen molar-refractivity contribution in [3.05, 3.63) is 70.8 Å². The van der Waals surface area contributed by atoms with E-state index in [-0.39, 0.29) is 0 Å². The van der Waals surface area contributed by atoms with E-state index in [9.17, 15) is 0 Å². The first kappa shape index (κ1) is 19.6. The zero-order valence-corrected chi connectivity index (χ0v) is 17.4. The van der Waals surface area contributed by atoms with Crippen molar-refractivity contribution in [2.75, 3.05) is 38.0 Å². The average Bonchev–Trinajstić information content (AvgIpc) is 2.67. The van der Waals surface area contributed by atoms with Crippen LogP contribution in [-0.2, 0) is 0 Å². The van der Waals surface area contributed by atoms with Gasteiger partial charge < -0.3 is 10.2 Å². The molecule has 3 nitrogen and oxygen atoms in total. The first-order valence-electron chi connectivity index (χ1n) is 9.60. The van der Waals surface area contributed by atoms with Crippen LogP contribution in [0.25, 0.3) is 6.08 Å². The Balaban J connectivity index is 1.48. The van der Waals surface area contributed by atoms with Crippen LogP contribution >= 0.6 is 12.2 Å². The van der Waals surface area contributed by atoms with Gasteiger partial charge in [0, 0.05) is 38.4 Å². The van der Waals surface area contributed by atoms with Crippen LogP contribution in [0.4, 0.5) is 5.69 Å². The Labute approximate surface area is 168 Å². The van der Waals surface area contributed by atoms with Crippen LogP contribution in [-0.4, -0.2) is 47.6 Å². The lowest BCUT2D eigenvalue weighted by Crippen LogP contribution is -2.49. The Morgan fingerprint density at radius 3 is 2.33 bits per heavy atom. The van der Waals surface area contributed by atoms with Gasteiger partial charge in [0.15, 0.2) is 5.11 Å². The molecule has 0 aliphatic carbocycles. The molecule has 0 spiro atoms. The fourth-order valence-electron chi connectivity index (χ4n) is 3.32. The third-order valence-electron chi connectivity index (χ3n) is 5.22. The Bertz CT molecular complexity index is 806. The van der Waals surface area contributed by atoms with E-state index in [0.29, 0.717) is 0 Å². The van der Waals surface area contributed by atoms with Crippen LogP contribution in [0.2, 0.25) is 0 Å². The molecule has 1 fully saturated rings. The lowest BCUT2D eigenvalue weighted by atomic mass is 10.1. The summed E-state index contributed by atoms with van der Waals surface area (Å²) in [6.45, 7) is 11.4. The van der Waals surface area contributed by atoms with Crippen molar-refractivity contribution in [3.8, 4) is 0 Å². The van der Waals surface area contributed by atoms with Crippen LogP contribution in [0.5, 0.6) is 0 Å². The molecule has 2 aromatic rings. The van der Waals surface area contributed by atoms with Crippen LogP contribution < -0.4 is 5.32 Å². The highest BCUT2D eigenvalue weighted by atomic mass is 32.1. The molecule has 2 aromatic carbocycles. The SMILES string of the molecule is Cc1cc(C)c(NC(=S)N2CCN(CC=Cc3ccccc3)CC2)cc1C. The highest BCUT2D eigenvalue weighted by Crippen LogP contribution is 2.20. The number of piperazine rings is 1. The Kier molecular flexibility index (Phi) is 6.64. The largest absolute Gasteiger partial charge is 0.346 e. The molecule has 0 amide bonds. The first-order chi connectivity index (χ1) is 13.0. The minimum atomic E-state index is 0.834. The lowest BCUT2D eigenvalue weighted by molar-refractivity contribution is 0.200. The normalized spacial score (nSPS) is 15.3. The summed E-state index contributed by atoms with van der Waals surface area (Å²) in [5.74, 6) is 0. The fraction of sp³-hybridized carbons (Fsp3) is 0.348. The van der Waals surface area contributed by atoms with E-state index in [2.05, 4.69) is 84.4 Å². The van der Waals surface area contributed by atoms with Gasteiger partial charge in [-0.05, 0) is 61.3 Å². The van der Waals surface area contributed by atoms with Gasteiger partial charge in [-0.25, -0.2) is 0 Å². The second-order valence-corrected chi connectivity index (χ2v) is 7.67. The van der Waals surface area contributed by atoms with E-state index in [1.54, 1.807) is 0 Å². The van der Waals surface area contributed by atoms with Gasteiger partial charge in [-0.3, -0.25) is 4.90 Å². The molecule has 1 aliphatic heterocycles. The summed E-state index contributed by atoms with van der Waals surface area (Å²) < 4.78 is 0. The molecular formula is C23H29N3S. The maximum absolute atomic E-state index is 5.66. The van der Waals surface area contributed by atoms with Gasteiger partial charge in [0.05, 0.1) is 0 Å². The Morgan fingerprint density at radius 1 is 0.963 bits per heavy atom. The molecule has 3 rings (SSSR count). The predicted molar refractivity (Wildman–Crippen MR) is 120 cm³/mol. The minimum absolute atomic E-state index is 0.834. The molecule has 1 heterocycles. The molecule has 0 unspecified atom stereocenters. The highest BCUT2D eigenvalue weighted by molar-refractivity contribution is 7.80. The molecule has 1 N–H and O–H groups in total. The molecule has 0 saturated carbocycles. The number of nitrogens with zero attached hydrogens (tertiary/aromatic N) is 2. The Morgan fingerprint density at radius 2 is 1.63 bits per heavy atom. The Hall–Kier alpha value is -2.17. The number of benzene rings is 2. The number of hydrogen-bond donors (Lipinski definition) is 1. The zero-order valence-electron chi connectivity index (χ0n) is 16.5. The van der Waals surface area contributed by atoms with E-state index in [0.717, 1.165) is 43.5 Å². The molecule has 0 radical (unpaired) electrons. The predicted octanol–water partition coefficient (Wildman–Crippen LogP) is 4.64. The van der Waals surface area contributed by atoms with Crippen LogP contribution in [0.15, 0.2) is 48.5 Å². The van der Waals surface area contributed by atoms with Crippen molar-refractivity contribution in [1.82, 2.24) is 9.80 Å². The third kappa shape index (κ3) is 5.41. The van der Waals surface area contributed by atoms with Crippen molar-refractivity contribution < 1.29 is 0 Å². The number of nitrogens with one attached hydrogen (secondary N) is 1. The second-order valence-electron chi connectivity index (χ2n) is 7.28. The summed E-state index contributed by atoms with van der Waals surface area (Å²) in [5.41, 5.74) is 6.23. The van der Waals surface area contributed by atoms with Crippen molar-refractivity contribution >= 4 is 29.1 Å². The van der Waals surface area contributed by atoms with Crippen molar-refractivity contribution in [2.24, 2.45) is 0 Å². The van der Waals surface area contributed by atoms with Crippen LogP contribution in [0, 0.1) is 20.8 Å². The number of hydrogen-bond acceptors (Lipinski definition) is 2. The standard InChI is InChI=1S/C23H29N3S/c1-18-16-20(3)22(17-19(18)2)24-23(27)26-14-12-25(13-15-26)11-7-10-21-8-5-4-6-9-21/h4-10,16-17H,11-15H2,1-3H3,(H,24,27). The van der Waals surface area contributed by atoms with Gasteiger partial charge in [-0.2, -0.15) is 0 Å². The van der Waals surface area contributed by atoms with Crippen LogP contribution in [0.3, 0.4) is 0 Å². The quantitative estimate of drug-likeness (QED) is 0.780. The van der Waals surface area contributed by atoms with Gasteiger partial charge in [0.2, 0.25) is 0 Å². The number of aryl methyl sites for hydroxylation is 3. The zero-order chi connectivity index (χ0) is 19.2. The molecule has 1 saturated heterocycles. The van der Waals surface area contributed by atoms with Gasteiger partial charge in [0.1, 0.15) is 0 Å². The minimum Gasteiger partial charge on any atom is -0.346 e. The molecule has 27 heavy (non-hydrogen) atoms. The molecule has 4 heteroatoms. The monoisotopic (exact) mass is 379 g/mol. The smallest absolute Gasteiger partial charge is 0.173 e. The maximum atomic E-state index is 5.66. The topological polar surface area (TPSA) is 18.5 Å². The molecule has 1 aliphatic rings. The van der Waals surface area contributed by atoms with E-state index in [1.165, 1.54) is 22.3 Å². The van der Waals surface area contributed by atoms with E-state index < -0.39 is 0 Å². The van der Waals surface area contributed by atoms with Gasteiger partial charge in [-0.1, -0.05) is 48.6 Å². The molecule has 0 atom stereocenters. The summed E-state index contributed by atoms with van der Waals surface area (Å²) in [6, 6.07) is 14.9. The maximum Gasteiger partial charge on any atom is 0.173 e.